The summed E-state index contributed by atoms with van der Waals surface area (Å²) in [4.78, 5) is 0. The van der Waals surface area contributed by atoms with Crippen molar-refractivity contribution in [2.24, 2.45) is 5.92 Å². The molecule has 0 aromatic carbocycles. The van der Waals surface area contributed by atoms with E-state index in [1.54, 1.807) is 0 Å². The molecule has 2 aliphatic rings. The second-order valence-corrected chi connectivity index (χ2v) is 4.39. The molecule has 1 heteroatoms. The SMILES string of the molecule is [O]C1(CC2CC2)CCCCC1. The molecule has 11 heavy (non-hydrogen) atoms. The van der Waals surface area contributed by atoms with Crippen LogP contribution in [-0.2, 0) is 5.11 Å². The van der Waals surface area contributed by atoms with E-state index < -0.39 is 5.60 Å². The van der Waals surface area contributed by atoms with Gasteiger partial charge in [0.25, 0.3) is 0 Å². The molecule has 0 N–H and O–H groups in total. The van der Waals surface area contributed by atoms with Crippen LogP contribution < -0.4 is 0 Å². The van der Waals surface area contributed by atoms with Crippen LogP contribution in [0.4, 0.5) is 0 Å². The highest BCUT2D eigenvalue weighted by molar-refractivity contribution is 4.88. The fourth-order valence-corrected chi connectivity index (χ4v) is 2.25. The van der Waals surface area contributed by atoms with Gasteiger partial charge in [0.15, 0.2) is 0 Å². The Hall–Kier alpha value is -0.0400. The van der Waals surface area contributed by atoms with Gasteiger partial charge in [0.1, 0.15) is 5.60 Å². The van der Waals surface area contributed by atoms with Gasteiger partial charge >= 0.3 is 0 Å². The van der Waals surface area contributed by atoms with Crippen molar-refractivity contribution in [2.75, 3.05) is 0 Å². The molecule has 0 aliphatic heterocycles. The van der Waals surface area contributed by atoms with Gasteiger partial charge in [0.2, 0.25) is 0 Å². The first-order valence-corrected chi connectivity index (χ1v) is 4.99. The Morgan fingerprint density at radius 2 is 1.73 bits per heavy atom. The highest BCUT2D eigenvalue weighted by Gasteiger charge is 2.37. The van der Waals surface area contributed by atoms with Crippen LogP contribution in [0.2, 0.25) is 0 Å². The first-order valence-electron chi connectivity index (χ1n) is 4.99. The zero-order chi connectivity index (χ0) is 7.73. The molecule has 0 spiro atoms. The van der Waals surface area contributed by atoms with Crippen molar-refractivity contribution in [3.63, 3.8) is 0 Å². The summed E-state index contributed by atoms with van der Waals surface area (Å²) in [6.07, 6.45) is 9.27. The zero-order valence-electron chi connectivity index (χ0n) is 7.14. The van der Waals surface area contributed by atoms with Gasteiger partial charge in [-0.25, -0.2) is 5.11 Å². The van der Waals surface area contributed by atoms with E-state index in [9.17, 15) is 5.11 Å². The Labute approximate surface area is 68.8 Å². The lowest BCUT2D eigenvalue weighted by Gasteiger charge is -2.29. The summed E-state index contributed by atoms with van der Waals surface area (Å²) >= 11 is 0. The molecule has 1 radical (unpaired) electrons. The first-order chi connectivity index (χ1) is 5.29. The van der Waals surface area contributed by atoms with Gasteiger partial charge in [0.05, 0.1) is 0 Å². The lowest BCUT2D eigenvalue weighted by atomic mass is 9.81. The van der Waals surface area contributed by atoms with Gasteiger partial charge in [0, 0.05) is 0 Å². The molecule has 63 valence electrons. The van der Waals surface area contributed by atoms with Gasteiger partial charge in [-0.2, -0.15) is 0 Å². The minimum atomic E-state index is -0.487. The molecular weight excluding hydrogens is 136 g/mol. The zero-order valence-corrected chi connectivity index (χ0v) is 7.14. The largest absolute Gasteiger partial charge is 0.229 e. The Balaban J connectivity index is 1.84. The van der Waals surface area contributed by atoms with Gasteiger partial charge in [-0.05, 0) is 25.2 Å². The van der Waals surface area contributed by atoms with E-state index in [0.29, 0.717) is 0 Å². The Morgan fingerprint density at radius 3 is 2.27 bits per heavy atom. The minimum Gasteiger partial charge on any atom is -0.229 e. The van der Waals surface area contributed by atoms with Gasteiger partial charge in [-0.1, -0.05) is 32.1 Å². The van der Waals surface area contributed by atoms with Crippen LogP contribution in [0.1, 0.15) is 51.4 Å². The minimum absolute atomic E-state index is 0.487. The molecule has 0 aromatic heterocycles. The lowest BCUT2D eigenvalue weighted by molar-refractivity contribution is -0.0684. The lowest BCUT2D eigenvalue weighted by Crippen LogP contribution is -2.30. The molecule has 0 unspecified atom stereocenters. The van der Waals surface area contributed by atoms with Crippen LogP contribution in [0.15, 0.2) is 0 Å². The van der Waals surface area contributed by atoms with E-state index in [1.807, 2.05) is 0 Å². The number of hydrogen-bond donors (Lipinski definition) is 0. The third-order valence-electron chi connectivity index (χ3n) is 3.12. The fraction of sp³-hybridized carbons (Fsp3) is 1.00. The average Bonchev–Trinajstić information content (AvgIpc) is 2.72. The van der Waals surface area contributed by atoms with Crippen molar-refractivity contribution in [1.82, 2.24) is 0 Å². The maximum atomic E-state index is 12.0. The second-order valence-electron chi connectivity index (χ2n) is 4.39. The third-order valence-corrected chi connectivity index (χ3v) is 3.12. The molecule has 0 heterocycles. The molecule has 1 nitrogen and oxygen atoms in total. The molecule has 0 atom stereocenters. The van der Waals surface area contributed by atoms with E-state index in [-0.39, 0.29) is 0 Å². The summed E-state index contributed by atoms with van der Waals surface area (Å²) in [6, 6.07) is 0. The second kappa shape index (κ2) is 2.78. The summed E-state index contributed by atoms with van der Waals surface area (Å²) in [6.45, 7) is 0. The molecule has 0 saturated heterocycles. The van der Waals surface area contributed by atoms with E-state index >= 15 is 0 Å². The summed E-state index contributed by atoms with van der Waals surface area (Å²) in [5.74, 6) is 0.825. The topological polar surface area (TPSA) is 19.9 Å². The van der Waals surface area contributed by atoms with Crippen molar-refractivity contribution >= 4 is 0 Å². The molecule has 0 amide bonds. The van der Waals surface area contributed by atoms with Crippen LogP contribution in [-0.4, -0.2) is 5.60 Å². The van der Waals surface area contributed by atoms with Gasteiger partial charge < -0.3 is 0 Å². The van der Waals surface area contributed by atoms with E-state index in [0.717, 1.165) is 25.2 Å². The third kappa shape index (κ3) is 1.96. The smallest absolute Gasteiger partial charge is 0.104 e. The summed E-state index contributed by atoms with van der Waals surface area (Å²) < 4.78 is 0. The highest BCUT2D eigenvalue weighted by Crippen LogP contribution is 2.42. The predicted octanol–water partition coefficient (Wildman–Crippen LogP) is 2.92. The molecular formula is C10H17O. The molecule has 2 rings (SSSR count). The number of hydrogen-bond acceptors (Lipinski definition) is 0. The molecule has 0 aromatic rings. The van der Waals surface area contributed by atoms with Crippen molar-refractivity contribution in [3.05, 3.63) is 0 Å². The molecule has 0 bridgehead atoms. The maximum Gasteiger partial charge on any atom is 0.104 e. The molecule has 2 fully saturated rings. The number of rotatable bonds is 2. The van der Waals surface area contributed by atoms with Gasteiger partial charge in [-0.3, -0.25) is 0 Å². The standard InChI is InChI=1S/C10H17O/c11-10(8-9-4-5-9)6-2-1-3-7-10/h9H,1-8H2. The van der Waals surface area contributed by atoms with Crippen molar-refractivity contribution in [3.8, 4) is 0 Å². The van der Waals surface area contributed by atoms with E-state index in [1.165, 1.54) is 32.1 Å². The first kappa shape index (κ1) is 7.60. The summed E-state index contributed by atoms with van der Waals surface area (Å²) in [5, 5.41) is 12.0. The highest BCUT2D eigenvalue weighted by atomic mass is 16.3. The van der Waals surface area contributed by atoms with Crippen molar-refractivity contribution in [2.45, 2.75) is 57.0 Å². The molecule has 2 saturated carbocycles. The predicted molar refractivity (Wildman–Crippen MR) is 43.8 cm³/mol. The van der Waals surface area contributed by atoms with Crippen molar-refractivity contribution < 1.29 is 5.11 Å². The van der Waals surface area contributed by atoms with E-state index in [2.05, 4.69) is 0 Å². The average molecular weight is 153 g/mol. The summed E-state index contributed by atoms with van der Waals surface area (Å²) in [5.41, 5.74) is -0.487. The Morgan fingerprint density at radius 1 is 1.09 bits per heavy atom. The van der Waals surface area contributed by atoms with Crippen LogP contribution in [0.3, 0.4) is 0 Å². The fourth-order valence-electron chi connectivity index (χ4n) is 2.25. The summed E-state index contributed by atoms with van der Waals surface area (Å²) in [7, 11) is 0. The maximum absolute atomic E-state index is 12.0. The monoisotopic (exact) mass is 153 g/mol. The quantitative estimate of drug-likeness (QED) is 0.581. The Kier molecular flexibility index (Phi) is 1.92. The van der Waals surface area contributed by atoms with Crippen LogP contribution in [0.5, 0.6) is 0 Å². The normalized spacial score (nSPS) is 30.3. The Bertz CT molecular complexity index is 132. The van der Waals surface area contributed by atoms with Crippen LogP contribution in [0.25, 0.3) is 0 Å². The van der Waals surface area contributed by atoms with Crippen LogP contribution >= 0.6 is 0 Å². The van der Waals surface area contributed by atoms with Crippen molar-refractivity contribution in [1.29, 1.82) is 0 Å². The van der Waals surface area contributed by atoms with Gasteiger partial charge in [-0.15, -0.1) is 0 Å². The van der Waals surface area contributed by atoms with E-state index in [4.69, 9.17) is 0 Å². The van der Waals surface area contributed by atoms with Crippen LogP contribution in [0, 0.1) is 5.92 Å². The molecule has 2 aliphatic carbocycles.